The number of ether oxygens (including phenoxy) is 1. The van der Waals surface area contributed by atoms with Crippen molar-refractivity contribution in [2.24, 2.45) is 0 Å². The van der Waals surface area contributed by atoms with Crippen molar-refractivity contribution in [1.82, 2.24) is 10.3 Å². The summed E-state index contributed by atoms with van der Waals surface area (Å²) in [6.07, 6.45) is 3.36. The van der Waals surface area contributed by atoms with Gasteiger partial charge in [0, 0.05) is 11.4 Å². The summed E-state index contributed by atoms with van der Waals surface area (Å²) < 4.78 is 5.33. The highest BCUT2D eigenvalue weighted by Crippen LogP contribution is 2.22. The predicted octanol–water partition coefficient (Wildman–Crippen LogP) is 3.49. The lowest BCUT2D eigenvalue weighted by Crippen LogP contribution is -2.40. The molecule has 2 aromatic rings. The van der Waals surface area contributed by atoms with Gasteiger partial charge >= 0.3 is 5.97 Å². The second kappa shape index (κ2) is 7.18. The largest absolute Gasteiger partial charge is 0.449 e. The van der Waals surface area contributed by atoms with Crippen molar-refractivity contribution in [1.29, 1.82) is 0 Å². The Morgan fingerprint density at radius 2 is 2.00 bits per heavy atom. The first-order valence-electron chi connectivity index (χ1n) is 8.11. The van der Waals surface area contributed by atoms with E-state index in [0.29, 0.717) is 16.5 Å². The number of hydrogen-bond acceptors (Lipinski definition) is 4. The lowest BCUT2D eigenvalue weighted by atomic mass is 10.1. The smallest absolute Gasteiger partial charge is 0.339 e. The molecule has 1 aliphatic rings. The van der Waals surface area contributed by atoms with Gasteiger partial charge in [-0.1, -0.05) is 42.6 Å². The topological polar surface area (TPSA) is 68.3 Å². The zero-order chi connectivity index (χ0) is 17.1. The van der Waals surface area contributed by atoms with E-state index in [1.54, 1.807) is 19.1 Å². The quantitative estimate of drug-likeness (QED) is 0.679. The lowest BCUT2D eigenvalue weighted by molar-refractivity contribution is -0.129. The Bertz CT molecular complexity index is 772. The van der Waals surface area contributed by atoms with Crippen LogP contribution in [0, 0.1) is 0 Å². The molecule has 1 amide bonds. The first-order chi connectivity index (χ1) is 11.5. The van der Waals surface area contributed by atoms with Gasteiger partial charge in [-0.15, -0.1) is 0 Å². The minimum absolute atomic E-state index is 0.190. The molecule has 5 nitrogen and oxygen atoms in total. The van der Waals surface area contributed by atoms with Gasteiger partial charge in [-0.3, -0.25) is 4.79 Å². The molecular weight excluding hydrogens is 328 g/mol. The fourth-order valence-corrected chi connectivity index (χ4v) is 3.18. The van der Waals surface area contributed by atoms with Gasteiger partial charge in [-0.2, -0.15) is 0 Å². The van der Waals surface area contributed by atoms with E-state index in [1.807, 2.05) is 12.1 Å². The summed E-state index contributed by atoms with van der Waals surface area (Å²) in [4.78, 5) is 28.8. The van der Waals surface area contributed by atoms with Crippen LogP contribution >= 0.6 is 11.6 Å². The maximum absolute atomic E-state index is 12.5. The fourth-order valence-electron chi connectivity index (χ4n) is 2.98. The number of benzene rings is 1. The summed E-state index contributed by atoms with van der Waals surface area (Å²) in [5.74, 6) is -0.843. The van der Waals surface area contributed by atoms with Crippen molar-refractivity contribution in [3.8, 4) is 0 Å². The van der Waals surface area contributed by atoms with E-state index >= 15 is 0 Å². The van der Waals surface area contributed by atoms with Gasteiger partial charge in [0.15, 0.2) is 6.10 Å². The van der Waals surface area contributed by atoms with Crippen LogP contribution in [0.2, 0.25) is 5.15 Å². The number of carbonyl (C=O) groups is 2. The first-order valence-corrected chi connectivity index (χ1v) is 8.49. The second-order valence-corrected chi connectivity index (χ2v) is 6.43. The first kappa shape index (κ1) is 16.7. The molecule has 0 unspecified atom stereocenters. The Hall–Kier alpha value is -2.14. The molecule has 0 bridgehead atoms. The highest BCUT2D eigenvalue weighted by molar-refractivity contribution is 6.30. The number of amides is 1. The fraction of sp³-hybridized carbons (Fsp3) is 0.389. The number of aromatic nitrogens is 1. The van der Waals surface area contributed by atoms with Crippen LogP contribution in [0.25, 0.3) is 10.9 Å². The molecule has 1 aromatic heterocycles. The van der Waals surface area contributed by atoms with Crippen LogP contribution in [0.15, 0.2) is 30.3 Å². The Balaban J connectivity index is 1.73. The molecule has 126 valence electrons. The zero-order valence-electron chi connectivity index (χ0n) is 13.4. The highest BCUT2D eigenvalue weighted by Gasteiger charge is 2.24. The van der Waals surface area contributed by atoms with Crippen LogP contribution in [0.1, 0.15) is 43.0 Å². The van der Waals surface area contributed by atoms with E-state index in [0.717, 1.165) is 25.7 Å². The standard InChI is InChI=1S/C18H19ClN2O3/c1-11(17(22)20-12-6-2-3-7-12)24-18(23)14-10-16(19)21-15-9-5-4-8-13(14)15/h4-5,8-12H,2-3,6-7H2,1H3,(H,20,22)/t11-/m0/s1. The van der Waals surface area contributed by atoms with Gasteiger partial charge in [0.2, 0.25) is 0 Å². The molecule has 0 radical (unpaired) electrons. The molecule has 0 aliphatic heterocycles. The number of esters is 1. The third-order valence-corrected chi connectivity index (χ3v) is 4.45. The average molecular weight is 347 g/mol. The number of hydrogen-bond donors (Lipinski definition) is 1. The molecule has 1 fully saturated rings. The van der Waals surface area contributed by atoms with Crippen LogP contribution in [0.5, 0.6) is 0 Å². The van der Waals surface area contributed by atoms with E-state index in [9.17, 15) is 9.59 Å². The molecular formula is C18H19ClN2O3. The van der Waals surface area contributed by atoms with Crippen LogP contribution in [-0.2, 0) is 9.53 Å². The monoisotopic (exact) mass is 346 g/mol. The number of rotatable bonds is 4. The van der Waals surface area contributed by atoms with E-state index in [-0.39, 0.29) is 17.1 Å². The minimum Gasteiger partial charge on any atom is -0.449 e. The van der Waals surface area contributed by atoms with Crippen LogP contribution < -0.4 is 5.32 Å². The summed E-state index contributed by atoms with van der Waals surface area (Å²) in [5.41, 5.74) is 0.922. The maximum atomic E-state index is 12.5. The van der Waals surface area contributed by atoms with Crippen molar-refractivity contribution in [2.75, 3.05) is 0 Å². The van der Waals surface area contributed by atoms with Crippen molar-refractivity contribution in [3.63, 3.8) is 0 Å². The highest BCUT2D eigenvalue weighted by atomic mass is 35.5. The molecule has 1 aliphatic carbocycles. The zero-order valence-corrected chi connectivity index (χ0v) is 14.2. The van der Waals surface area contributed by atoms with Gasteiger partial charge in [0.25, 0.3) is 5.91 Å². The van der Waals surface area contributed by atoms with E-state index < -0.39 is 12.1 Å². The number of fused-ring (bicyclic) bond motifs is 1. The van der Waals surface area contributed by atoms with Gasteiger partial charge < -0.3 is 10.1 Å². The Morgan fingerprint density at radius 3 is 2.75 bits per heavy atom. The summed E-state index contributed by atoms with van der Waals surface area (Å²) in [6.45, 7) is 1.58. The summed E-state index contributed by atoms with van der Waals surface area (Å²) in [5, 5.41) is 3.79. The van der Waals surface area contributed by atoms with E-state index in [4.69, 9.17) is 16.3 Å². The molecule has 1 N–H and O–H groups in total. The molecule has 1 aromatic carbocycles. The molecule has 3 rings (SSSR count). The van der Waals surface area contributed by atoms with Crippen molar-refractivity contribution in [3.05, 3.63) is 41.0 Å². The number of pyridine rings is 1. The van der Waals surface area contributed by atoms with Crippen LogP contribution in [0.4, 0.5) is 0 Å². The SMILES string of the molecule is C[C@H](OC(=O)c1cc(Cl)nc2ccccc12)C(=O)NC1CCCC1. The normalized spacial score (nSPS) is 16.1. The Kier molecular flexibility index (Phi) is 5.00. The number of para-hydroxylation sites is 1. The third-order valence-electron chi connectivity index (χ3n) is 4.26. The van der Waals surface area contributed by atoms with E-state index in [1.165, 1.54) is 6.07 Å². The van der Waals surface area contributed by atoms with E-state index in [2.05, 4.69) is 10.3 Å². The molecule has 1 atom stereocenters. The van der Waals surface area contributed by atoms with Gasteiger partial charge in [-0.25, -0.2) is 9.78 Å². The maximum Gasteiger partial charge on any atom is 0.339 e. The summed E-state index contributed by atoms with van der Waals surface area (Å²) in [6, 6.07) is 8.83. The molecule has 0 saturated heterocycles. The number of nitrogens with zero attached hydrogens (tertiary/aromatic N) is 1. The average Bonchev–Trinajstić information content (AvgIpc) is 3.06. The summed E-state index contributed by atoms with van der Waals surface area (Å²) in [7, 11) is 0. The van der Waals surface area contributed by atoms with Gasteiger partial charge in [-0.05, 0) is 31.9 Å². The van der Waals surface area contributed by atoms with Crippen molar-refractivity contribution < 1.29 is 14.3 Å². The minimum atomic E-state index is -0.858. The van der Waals surface area contributed by atoms with Crippen molar-refractivity contribution >= 4 is 34.4 Å². The van der Waals surface area contributed by atoms with Crippen LogP contribution in [0.3, 0.4) is 0 Å². The second-order valence-electron chi connectivity index (χ2n) is 6.05. The molecule has 1 saturated carbocycles. The van der Waals surface area contributed by atoms with Gasteiger partial charge in [0.1, 0.15) is 5.15 Å². The van der Waals surface area contributed by atoms with Crippen molar-refractivity contribution in [2.45, 2.75) is 44.8 Å². The third kappa shape index (κ3) is 3.67. The number of halogens is 1. The molecule has 1 heterocycles. The summed E-state index contributed by atoms with van der Waals surface area (Å²) >= 11 is 5.98. The Morgan fingerprint density at radius 1 is 1.29 bits per heavy atom. The number of nitrogens with one attached hydrogen (secondary N) is 1. The van der Waals surface area contributed by atoms with Crippen LogP contribution in [-0.4, -0.2) is 29.0 Å². The molecule has 0 spiro atoms. The van der Waals surface area contributed by atoms with Gasteiger partial charge in [0.05, 0.1) is 11.1 Å². The Labute approximate surface area is 145 Å². The molecule has 6 heteroatoms. The number of carbonyl (C=O) groups excluding carboxylic acids is 2. The molecule has 24 heavy (non-hydrogen) atoms. The lowest BCUT2D eigenvalue weighted by Gasteiger charge is -2.17. The predicted molar refractivity (Wildman–Crippen MR) is 92.0 cm³/mol.